The summed E-state index contributed by atoms with van der Waals surface area (Å²) in [6.45, 7) is 6.87. The summed E-state index contributed by atoms with van der Waals surface area (Å²) in [4.78, 5) is 19.8. The number of carbonyl (C=O) groups excluding carboxylic acids is 1. The molecule has 0 fully saturated rings. The van der Waals surface area contributed by atoms with E-state index in [-0.39, 0.29) is 10.8 Å². The minimum absolute atomic E-state index is 0.177. The van der Waals surface area contributed by atoms with Crippen molar-refractivity contribution in [2.24, 2.45) is 0 Å². The third kappa shape index (κ3) is 5.72. The van der Waals surface area contributed by atoms with Crippen LogP contribution >= 0.6 is 11.3 Å². The number of rotatable bonds is 9. The zero-order valence-corrected chi connectivity index (χ0v) is 21.8. The van der Waals surface area contributed by atoms with Gasteiger partial charge in [-0.3, -0.25) is 15.0 Å². The summed E-state index contributed by atoms with van der Waals surface area (Å²) >= 11 is 1.38. The number of carbonyl (C=O) groups is 1. The zero-order valence-electron chi connectivity index (χ0n) is 20.2. The Morgan fingerprint density at radius 2 is 1.89 bits per heavy atom. The predicted molar refractivity (Wildman–Crippen MR) is 137 cm³/mol. The Labute approximate surface area is 210 Å². The Balaban J connectivity index is 1.36. The van der Waals surface area contributed by atoms with Crippen LogP contribution < -0.4 is 10.1 Å². The molecule has 3 aromatic rings. The fraction of sp³-hybridized carbons (Fsp3) is 0.360. The van der Waals surface area contributed by atoms with Gasteiger partial charge in [0.05, 0.1) is 17.7 Å². The largest absolute Gasteiger partial charge is 0.497 e. The van der Waals surface area contributed by atoms with E-state index in [4.69, 9.17) is 4.74 Å². The van der Waals surface area contributed by atoms with Gasteiger partial charge in [-0.25, -0.2) is 13.4 Å². The number of anilines is 1. The van der Waals surface area contributed by atoms with Gasteiger partial charge in [-0.15, -0.1) is 11.3 Å². The second kappa shape index (κ2) is 10.9. The Kier molecular flexibility index (Phi) is 7.85. The molecule has 1 aliphatic heterocycles. The molecule has 8 nitrogen and oxygen atoms in total. The quantitative estimate of drug-likeness (QED) is 0.464. The van der Waals surface area contributed by atoms with Crippen molar-refractivity contribution < 1.29 is 17.9 Å². The molecule has 35 heavy (non-hydrogen) atoms. The molecule has 0 bridgehead atoms. The third-order valence-electron chi connectivity index (χ3n) is 6.12. The Morgan fingerprint density at radius 3 is 2.57 bits per heavy atom. The van der Waals surface area contributed by atoms with E-state index in [0.717, 1.165) is 31.0 Å². The molecule has 0 atom stereocenters. The van der Waals surface area contributed by atoms with E-state index in [1.807, 2.05) is 11.4 Å². The van der Waals surface area contributed by atoms with Gasteiger partial charge in [0.25, 0.3) is 5.91 Å². The second-order valence-electron chi connectivity index (χ2n) is 8.31. The molecule has 0 radical (unpaired) electrons. The van der Waals surface area contributed by atoms with Gasteiger partial charge in [0.1, 0.15) is 5.75 Å². The number of nitrogens with one attached hydrogen (secondary N) is 1. The minimum Gasteiger partial charge on any atom is -0.497 e. The third-order valence-corrected chi connectivity index (χ3v) is 8.99. The summed E-state index contributed by atoms with van der Waals surface area (Å²) in [6.07, 6.45) is 0.959. The highest BCUT2D eigenvalue weighted by molar-refractivity contribution is 7.89. The van der Waals surface area contributed by atoms with Crippen LogP contribution in [0, 0.1) is 0 Å². The van der Waals surface area contributed by atoms with E-state index in [1.165, 1.54) is 51.0 Å². The standard InChI is InChI=1S/C25H30N4O4S2/c1-4-29(5-2)35(31,32)23-10-7-18(8-11-23)24(30)27-25-26-21(17-34-25)16-28-13-12-19-14-22(33-3)9-6-20(19)15-28/h6-11,14,17H,4-5,12-13,15-16H2,1-3H3,(H,26,27,30). The molecule has 1 aromatic heterocycles. The molecule has 2 aromatic carbocycles. The van der Waals surface area contributed by atoms with Gasteiger partial charge in [0.2, 0.25) is 10.0 Å². The molecule has 1 aliphatic rings. The molecule has 186 valence electrons. The summed E-state index contributed by atoms with van der Waals surface area (Å²) in [5, 5.41) is 5.30. The lowest BCUT2D eigenvalue weighted by molar-refractivity contribution is 0.102. The topological polar surface area (TPSA) is 91.8 Å². The van der Waals surface area contributed by atoms with Gasteiger partial charge in [0, 0.05) is 43.7 Å². The number of nitrogens with zero attached hydrogens (tertiary/aromatic N) is 3. The van der Waals surface area contributed by atoms with Crippen molar-refractivity contribution in [2.75, 3.05) is 32.1 Å². The molecule has 0 spiro atoms. The summed E-state index contributed by atoms with van der Waals surface area (Å²) in [7, 11) is -1.87. The van der Waals surface area contributed by atoms with Crippen LogP contribution in [0.15, 0.2) is 52.7 Å². The summed E-state index contributed by atoms with van der Waals surface area (Å²) in [6, 6.07) is 12.2. The van der Waals surface area contributed by atoms with Gasteiger partial charge in [-0.05, 0) is 53.9 Å². The summed E-state index contributed by atoms with van der Waals surface area (Å²) < 4.78 is 32.0. The zero-order chi connectivity index (χ0) is 25.0. The van der Waals surface area contributed by atoms with Crippen LogP contribution in [0.3, 0.4) is 0 Å². The number of sulfonamides is 1. The van der Waals surface area contributed by atoms with Gasteiger partial charge >= 0.3 is 0 Å². The van der Waals surface area contributed by atoms with Crippen LogP contribution in [0.5, 0.6) is 5.75 Å². The maximum atomic E-state index is 12.7. The smallest absolute Gasteiger partial charge is 0.257 e. The van der Waals surface area contributed by atoms with Crippen molar-refractivity contribution in [3.05, 3.63) is 70.2 Å². The first kappa shape index (κ1) is 25.3. The molecule has 4 rings (SSSR count). The Hall–Kier alpha value is -2.79. The number of ether oxygens (including phenoxy) is 1. The fourth-order valence-corrected chi connectivity index (χ4v) is 6.33. The number of hydrogen-bond donors (Lipinski definition) is 1. The van der Waals surface area contributed by atoms with Crippen LogP contribution in [0.1, 0.15) is 41.0 Å². The Bertz CT molecular complexity index is 1290. The second-order valence-corrected chi connectivity index (χ2v) is 11.1. The molecule has 0 aliphatic carbocycles. The number of benzene rings is 2. The molecule has 1 N–H and O–H groups in total. The molecule has 0 saturated heterocycles. The van der Waals surface area contributed by atoms with Crippen LogP contribution in [0.25, 0.3) is 0 Å². The first-order chi connectivity index (χ1) is 16.8. The average molecular weight is 515 g/mol. The van der Waals surface area contributed by atoms with Crippen molar-refractivity contribution in [3.63, 3.8) is 0 Å². The van der Waals surface area contributed by atoms with Gasteiger partial charge < -0.3 is 4.74 Å². The number of amides is 1. The summed E-state index contributed by atoms with van der Waals surface area (Å²) in [5.41, 5.74) is 3.90. The van der Waals surface area contributed by atoms with E-state index < -0.39 is 10.0 Å². The van der Waals surface area contributed by atoms with Gasteiger partial charge in [0.15, 0.2) is 5.13 Å². The highest BCUT2D eigenvalue weighted by Gasteiger charge is 2.22. The molecule has 0 saturated carbocycles. The predicted octanol–water partition coefficient (Wildman–Crippen LogP) is 3.99. The number of thiazole rings is 1. The van der Waals surface area contributed by atoms with Crippen molar-refractivity contribution in [3.8, 4) is 5.75 Å². The lowest BCUT2D eigenvalue weighted by atomic mass is 9.99. The number of hydrogen-bond acceptors (Lipinski definition) is 7. The number of fused-ring (bicyclic) bond motifs is 1. The first-order valence-corrected chi connectivity index (χ1v) is 13.9. The molecule has 2 heterocycles. The highest BCUT2D eigenvalue weighted by Crippen LogP contribution is 2.26. The maximum absolute atomic E-state index is 12.7. The lowest BCUT2D eigenvalue weighted by Gasteiger charge is -2.28. The van der Waals surface area contributed by atoms with E-state index in [9.17, 15) is 13.2 Å². The van der Waals surface area contributed by atoms with Crippen LogP contribution in [-0.4, -0.2) is 55.3 Å². The molecule has 0 unspecified atom stereocenters. The number of methoxy groups -OCH3 is 1. The SMILES string of the molecule is CCN(CC)S(=O)(=O)c1ccc(C(=O)Nc2nc(CN3CCc4cc(OC)ccc4C3)cs2)cc1. The van der Waals surface area contributed by atoms with E-state index in [2.05, 4.69) is 27.3 Å². The molecule has 1 amide bonds. The molecular formula is C25H30N4O4S2. The molecule has 10 heteroatoms. The van der Waals surface area contributed by atoms with Crippen LogP contribution in [0.2, 0.25) is 0 Å². The average Bonchev–Trinajstić information content (AvgIpc) is 3.30. The van der Waals surface area contributed by atoms with Gasteiger partial charge in [-0.2, -0.15) is 4.31 Å². The number of aromatic nitrogens is 1. The maximum Gasteiger partial charge on any atom is 0.257 e. The van der Waals surface area contributed by atoms with Crippen molar-refractivity contribution in [2.45, 2.75) is 38.3 Å². The first-order valence-electron chi connectivity index (χ1n) is 11.6. The van der Waals surface area contributed by atoms with E-state index in [1.54, 1.807) is 21.0 Å². The summed E-state index contributed by atoms with van der Waals surface area (Å²) in [5.74, 6) is 0.566. The fourth-order valence-electron chi connectivity index (χ4n) is 4.18. The van der Waals surface area contributed by atoms with Gasteiger partial charge in [-0.1, -0.05) is 19.9 Å². The minimum atomic E-state index is -3.56. The monoisotopic (exact) mass is 514 g/mol. The van der Waals surface area contributed by atoms with Crippen LogP contribution in [0.4, 0.5) is 5.13 Å². The highest BCUT2D eigenvalue weighted by atomic mass is 32.2. The van der Waals surface area contributed by atoms with E-state index >= 15 is 0 Å². The van der Waals surface area contributed by atoms with Crippen molar-refractivity contribution in [1.29, 1.82) is 0 Å². The van der Waals surface area contributed by atoms with Crippen LogP contribution in [-0.2, 0) is 29.5 Å². The van der Waals surface area contributed by atoms with E-state index in [0.29, 0.717) is 30.3 Å². The normalized spacial score (nSPS) is 14.1. The van der Waals surface area contributed by atoms with Crippen molar-refractivity contribution in [1.82, 2.24) is 14.2 Å². The van der Waals surface area contributed by atoms with Crippen molar-refractivity contribution >= 4 is 32.4 Å². The lowest BCUT2D eigenvalue weighted by Crippen LogP contribution is -2.30. The Morgan fingerprint density at radius 1 is 1.14 bits per heavy atom. The molecular weight excluding hydrogens is 484 g/mol.